The third-order valence-electron chi connectivity index (χ3n) is 7.60. The summed E-state index contributed by atoms with van der Waals surface area (Å²) in [6.07, 6.45) is 9.55. The highest BCUT2D eigenvalue weighted by atomic mass is 16.2. The van der Waals surface area contributed by atoms with Crippen molar-refractivity contribution in [2.24, 2.45) is 13.0 Å². The van der Waals surface area contributed by atoms with Crippen LogP contribution in [0.2, 0.25) is 0 Å². The van der Waals surface area contributed by atoms with E-state index in [2.05, 4.69) is 16.4 Å². The zero-order chi connectivity index (χ0) is 22.2. The van der Waals surface area contributed by atoms with Crippen molar-refractivity contribution in [2.45, 2.75) is 70.4 Å². The van der Waals surface area contributed by atoms with Crippen molar-refractivity contribution in [3.63, 3.8) is 0 Å². The Hall–Kier alpha value is -2.89. The smallest absolute Gasteiger partial charge is 0.328 e. The van der Waals surface area contributed by atoms with Crippen LogP contribution in [-0.4, -0.2) is 26.1 Å². The average Bonchev–Trinajstić information content (AvgIpc) is 3.00. The van der Waals surface area contributed by atoms with Crippen molar-refractivity contribution in [3.8, 4) is 0 Å². The number of pyridine rings is 1. The number of para-hydroxylation sites is 2. The molecule has 0 saturated heterocycles. The molecule has 0 unspecified atom stereocenters. The maximum Gasteiger partial charge on any atom is 0.328 e. The Labute approximate surface area is 188 Å². The molecule has 168 valence electrons. The molecule has 3 aromatic rings. The van der Waals surface area contributed by atoms with E-state index >= 15 is 0 Å². The van der Waals surface area contributed by atoms with Crippen LogP contribution in [-0.2, 0) is 13.6 Å². The van der Waals surface area contributed by atoms with Gasteiger partial charge in [0.15, 0.2) is 0 Å². The molecule has 2 aliphatic carbocycles. The normalized spacial score (nSPS) is 21.4. The van der Waals surface area contributed by atoms with Crippen LogP contribution >= 0.6 is 0 Å². The number of imidazole rings is 1. The Balaban J connectivity index is 1.21. The largest absolute Gasteiger partial charge is 0.349 e. The monoisotopic (exact) mass is 432 g/mol. The average molecular weight is 433 g/mol. The van der Waals surface area contributed by atoms with Gasteiger partial charge in [-0.1, -0.05) is 18.6 Å². The van der Waals surface area contributed by atoms with Crippen LogP contribution in [0.3, 0.4) is 0 Å². The summed E-state index contributed by atoms with van der Waals surface area (Å²) < 4.78 is 3.65. The quantitative estimate of drug-likeness (QED) is 0.654. The highest BCUT2D eigenvalue weighted by Gasteiger charge is 2.26. The van der Waals surface area contributed by atoms with Gasteiger partial charge in [0.05, 0.1) is 16.6 Å². The molecule has 0 bridgehead atoms. The minimum atomic E-state index is 0.00453. The first-order chi connectivity index (χ1) is 15.5. The second-order valence-corrected chi connectivity index (χ2v) is 9.66. The maximum absolute atomic E-state index is 13.0. The molecule has 2 heterocycles. The van der Waals surface area contributed by atoms with E-state index in [1.54, 1.807) is 4.57 Å². The van der Waals surface area contributed by atoms with Crippen LogP contribution in [0.15, 0.2) is 41.3 Å². The molecule has 2 aromatic heterocycles. The first-order valence-corrected chi connectivity index (χ1v) is 11.9. The number of carbonyl (C=O) groups excluding carboxylic acids is 1. The summed E-state index contributed by atoms with van der Waals surface area (Å²) in [5.74, 6) is 1.03. The van der Waals surface area contributed by atoms with Gasteiger partial charge in [0.25, 0.3) is 5.91 Å². The van der Waals surface area contributed by atoms with E-state index in [9.17, 15) is 9.59 Å². The summed E-state index contributed by atoms with van der Waals surface area (Å²) >= 11 is 0. The Kier molecular flexibility index (Phi) is 5.62. The molecule has 0 atom stereocenters. The molecule has 2 fully saturated rings. The summed E-state index contributed by atoms with van der Waals surface area (Å²) in [4.78, 5) is 30.2. The molecular formula is C26H32N4O2. The van der Waals surface area contributed by atoms with E-state index in [0.717, 1.165) is 54.5 Å². The third-order valence-corrected chi connectivity index (χ3v) is 7.60. The zero-order valence-corrected chi connectivity index (χ0v) is 19.0. The predicted octanol–water partition coefficient (Wildman–Crippen LogP) is 4.30. The molecule has 5 rings (SSSR count). The van der Waals surface area contributed by atoms with Crippen LogP contribution in [0.25, 0.3) is 11.0 Å². The Morgan fingerprint density at radius 2 is 1.81 bits per heavy atom. The van der Waals surface area contributed by atoms with Crippen molar-refractivity contribution < 1.29 is 4.79 Å². The standard InChI is InChI=1S/C26H32N4O2/c1-17-22(14-20(15-27-17)19-6-5-7-19)25(31)28-21-12-10-18(11-13-21)16-30-24-9-4-3-8-23(24)29(2)26(30)32/h3-4,8-9,14-15,18-19,21H,5-7,10-13,16H2,1-2H3,(H,28,31). The minimum Gasteiger partial charge on any atom is -0.349 e. The second-order valence-electron chi connectivity index (χ2n) is 9.66. The third kappa shape index (κ3) is 3.87. The van der Waals surface area contributed by atoms with E-state index in [1.165, 1.54) is 24.8 Å². The van der Waals surface area contributed by atoms with Crippen molar-refractivity contribution in [2.75, 3.05) is 0 Å². The molecule has 1 amide bonds. The number of nitrogens with zero attached hydrogens (tertiary/aromatic N) is 3. The van der Waals surface area contributed by atoms with E-state index in [1.807, 2.05) is 49.0 Å². The molecule has 1 aromatic carbocycles. The van der Waals surface area contributed by atoms with Gasteiger partial charge < -0.3 is 5.32 Å². The van der Waals surface area contributed by atoms with Gasteiger partial charge >= 0.3 is 5.69 Å². The summed E-state index contributed by atoms with van der Waals surface area (Å²) in [6.45, 7) is 2.66. The zero-order valence-electron chi connectivity index (χ0n) is 19.0. The van der Waals surface area contributed by atoms with E-state index in [4.69, 9.17) is 0 Å². The Morgan fingerprint density at radius 3 is 2.50 bits per heavy atom. The number of hydrogen-bond donors (Lipinski definition) is 1. The first kappa shape index (κ1) is 21.0. The van der Waals surface area contributed by atoms with Crippen LogP contribution in [0, 0.1) is 12.8 Å². The van der Waals surface area contributed by atoms with Crippen molar-refractivity contribution in [1.82, 2.24) is 19.4 Å². The predicted molar refractivity (Wildman–Crippen MR) is 126 cm³/mol. The molecule has 6 heteroatoms. The number of nitrogens with one attached hydrogen (secondary N) is 1. The second kappa shape index (κ2) is 8.57. The lowest BCUT2D eigenvalue weighted by Gasteiger charge is -2.30. The molecule has 6 nitrogen and oxygen atoms in total. The number of aryl methyl sites for hydroxylation is 2. The molecule has 0 radical (unpaired) electrons. The van der Waals surface area contributed by atoms with Gasteiger partial charge in [-0.2, -0.15) is 0 Å². The lowest BCUT2D eigenvalue weighted by molar-refractivity contribution is 0.0919. The molecule has 0 aliphatic heterocycles. The number of aromatic nitrogens is 3. The SMILES string of the molecule is Cc1ncc(C2CCC2)cc1C(=O)NC1CCC(Cn2c(=O)n(C)c3ccccc32)CC1. The summed E-state index contributed by atoms with van der Waals surface area (Å²) in [6, 6.07) is 10.2. The lowest BCUT2D eigenvalue weighted by atomic mass is 9.80. The van der Waals surface area contributed by atoms with Crippen LogP contribution in [0.4, 0.5) is 0 Å². The van der Waals surface area contributed by atoms with Gasteiger partial charge in [-0.3, -0.25) is 18.9 Å². The summed E-state index contributed by atoms with van der Waals surface area (Å²) in [5.41, 5.74) is 4.76. The summed E-state index contributed by atoms with van der Waals surface area (Å²) in [7, 11) is 1.84. The van der Waals surface area contributed by atoms with E-state index < -0.39 is 0 Å². The fourth-order valence-corrected chi connectivity index (χ4v) is 5.29. The first-order valence-electron chi connectivity index (χ1n) is 11.9. The number of hydrogen-bond acceptors (Lipinski definition) is 3. The number of benzene rings is 1. The summed E-state index contributed by atoms with van der Waals surface area (Å²) in [5, 5.41) is 3.26. The fraction of sp³-hybridized carbons (Fsp3) is 0.500. The molecule has 0 spiro atoms. The van der Waals surface area contributed by atoms with Crippen molar-refractivity contribution in [1.29, 1.82) is 0 Å². The van der Waals surface area contributed by atoms with E-state index in [-0.39, 0.29) is 17.6 Å². The van der Waals surface area contributed by atoms with Crippen molar-refractivity contribution >= 4 is 16.9 Å². The molecule has 2 saturated carbocycles. The van der Waals surface area contributed by atoms with Gasteiger partial charge in [0.2, 0.25) is 0 Å². The lowest BCUT2D eigenvalue weighted by Crippen LogP contribution is -2.39. The topological polar surface area (TPSA) is 68.9 Å². The molecule has 2 aliphatic rings. The van der Waals surface area contributed by atoms with Crippen LogP contribution in [0.1, 0.15) is 72.5 Å². The van der Waals surface area contributed by atoms with Gasteiger partial charge in [0.1, 0.15) is 0 Å². The van der Waals surface area contributed by atoms with Gasteiger partial charge in [-0.25, -0.2) is 4.79 Å². The highest BCUT2D eigenvalue weighted by Crippen LogP contribution is 2.36. The number of rotatable bonds is 5. The fourth-order valence-electron chi connectivity index (χ4n) is 5.29. The Morgan fingerprint density at radius 1 is 1.09 bits per heavy atom. The van der Waals surface area contributed by atoms with Crippen molar-refractivity contribution in [3.05, 3.63) is 63.8 Å². The Bertz CT molecular complexity index is 1200. The van der Waals surface area contributed by atoms with Crippen LogP contribution < -0.4 is 11.0 Å². The van der Waals surface area contributed by atoms with Gasteiger partial charge in [-0.15, -0.1) is 0 Å². The number of fused-ring (bicyclic) bond motifs is 1. The highest BCUT2D eigenvalue weighted by molar-refractivity contribution is 5.95. The molecular weight excluding hydrogens is 400 g/mol. The van der Waals surface area contributed by atoms with Gasteiger partial charge in [-0.05, 0) is 81.0 Å². The molecule has 32 heavy (non-hydrogen) atoms. The molecule has 1 N–H and O–H groups in total. The van der Waals surface area contributed by atoms with E-state index in [0.29, 0.717) is 11.8 Å². The van der Waals surface area contributed by atoms with Crippen LogP contribution in [0.5, 0.6) is 0 Å². The maximum atomic E-state index is 13.0. The number of carbonyl (C=O) groups is 1. The number of amides is 1. The minimum absolute atomic E-state index is 0.00453. The van der Waals surface area contributed by atoms with Gasteiger partial charge in [0, 0.05) is 31.5 Å².